The van der Waals surface area contributed by atoms with Gasteiger partial charge in [0.15, 0.2) is 16.7 Å². The van der Waals surface area contributed by atoms with E-state index in [1.165, 1.54) is 4.68 Å². The topological polar surface area (TPSA) is 98.2 Å². The highest BCUT2D eigenvalue weighted by atomic mass is 32.2. The summed E-state index contributed by atoms with van der Waals surface area (Å²) in [5.41, 5.74) is 2.77. The minimum absolute atomic E-state index is 0.326. The minimum Gasteiger partial charge on any atom is -0.374 e. The van der Waals surface area contributed by atoms with Gasteiger partial charge in [0, 0.05) is 12.8 Å². The Morgan fingerprint density at radius 3 is 1.88 bits per heavy atom. The molecule has 0 fully saturated rings. The zero-order valence-corrected chi connectivity index (χ0v) is 14.8. The molecule has 1 aromatic heterocycles. The lowest BCUT2D eigenvalue weighted by molar-refractivity contribution is 0.190. The molecule has 0 saturated carbocycles. The second kappa shape index (κ2) is 9.81. The summed E-state index contributed by atoms with van der Waals surface area (Å²) in [6, 6.07) is 19.3. The zero-order chi connectivity index (χ0) is 18.9. The van der Waals surface area contributed by atoms with Gasteiger partial charge in [-0.2, -0.15) is 5.10 Å². The third-order valence-electron chi connectivity index (χ3n) is 3.62. The summed E-state index contributed by atoms with van der Waals surface area (Å²) < 4.78 is 33.6. The van der Waals surface area contributed by atoms with Gasteiger partial charge >= 0.3 is 0 Å². The van der Waals surface area contributed by atoms with Gasteiger partial charge in [0.1, 0.15) is 12.4 Å². The Morgan fingerprint density at radius 1 is 0.962 bits per heavy atom. The predicted octanol–water partition coefficient (Wildman–Crippen LogP) is 1.63. The summed E-state index contributed by atoms with van der Waals surface area (Å²) in [4.78, 5) is 0. The molecular weight excluding hydrogens is 357 g/mol. The molecule has 3 rings (SSSR count). The molecule has 6 nitrogen and oxygen atoms in total. The van der Waals surface area contributed by atoms with Crippen molar-refractivity contribution in [3.8, 4) is 0 Å². The predicted molar refractivity (Wildman–Crippen MR) is 97.4 cm³/mol. The van der Waals surface area contributed by atoms with E-state index in [2.05, 4.69) is 10.2 Å². The minimum atomic E-state index is -2.62. The maximum atomic E-state index is 14.7. The summed E-state index contributed by atoms with van der Waals surface area (Å²) in [7, 11) is -2.62. The van der Waals surface area contributed by atoms with Gasteiger partial charge in [0.25, 0.3) is 0 Å². The molecule has 0 amide bonds. The van der Waals surface area contributed by atoms with Crippen LogP contribution in [-0.2, 0) is 30.5 Å². The fourth-order valence-electron chi connectivity index (χ4n) is 2.51. The highest BCUT2D eigenvalue weighted by molar-refractivity contribution is 7.69. The molecule has 0 aliphatic heterocycles. The normalized spacial score (nSPS) is 10.5. The number of nitrogens with zero attached hydrogens (tertiary/aromatic N) is 2. The molecule has 0 saturated heterocycles. The lowest BCUT2D eigenvalue weighted by Gasteiger charge is -2.04. The number of hydrogen-bond acceptors (Lipinski definition) is 4. The Kier molecular flexibility index (Phi) is 7.46. The fraction of sp³-hybridized carbons (Fsp3) is 0.167. The molecule has 0 bridgehead atoms. The first kappa shape index (κ1) is 19.8. The van der Waals surface area contributed by atoms with E-state index in [0.717, 1.165) is 11.1 Å². The van der Waals surface area contributed by atoms with E-state index in [9.17, 15) is 9.50 Å². The van der Waals surface area contributed by atoms with Crippen molar-refractivity contribution in [3.63, 3.8) is 0 Å². The number of halogens is 1. The molecule has 0 atom stereocenters. The summed E-state index contributed by atoms with van der Waals surface area (Å²) in [6.45, 7) is -0.326. The number of aromatic nitrogens is 2. The van der Waals surface area contributed by atoms with Crippen LogP contribution < -0.4 is 5.14 Å². The van der Waals surface area contributed by atoms with Crippen LogP contribution in [0.1, 0.15) is 22.5 Å². The molecule has 2 aromatic carbocycles. The molecule has 1 heterocycles. The number of nitrogens with two attached hydrogens (primary N) is 1. The van der Waals surface area contributed by atoms with Crippen LogP contribution >= 0.6 is 0 Å². The Morgan fingerprint density at radius 2 is 1.42 bits per heavy atom. The number of aliphatic hydroxyl groups is 1. The summed E-state index contributed by atoms with van der Waals surface area (Å²) in [5, 5.41) is 17.7. The van der Waals surface area contributed by atoms with E-state index in [4.69, 9.17) is 8.42 Å². The van der Waals surface area contributed by atoms with E-state index < -0.39 is 10.9 Å². The second-order valence-corrected chi connectivity index (χ2v) is 6.03. The van der Waals surface area contributed by atoms with Crippen molar-refractivity contribution in [2.24, 2.45) is 5.14 Å². The van der Waals surface area contributed by atoms with E-state index in [1.807, 2.05) is 60.7 Å². The molecule has 0 unspecified atom stereocenters. The third kappa shape index (κ3) is 5.76. The van der Waals surface area contributed by atoms with Crippen LogP contribution in [0.3, 0.4) is 0 Å². The highest BCUT2D eigenvalue weighted by Gasteiger charge is 2.18. The largest absolute Gasteiger partial charge is 0.374 e. The van der Waals surface area contributed by atoms with Crippen LogP contribution in [-0.4, -0.2) is 23.3 Å². The number of benzene rings is 2. The Balaban J connectivity index is 0.000000552. The van der Waals surface area contributed by atoms with Crippen molar-refractivity contribution in [2.75, 3.05) is 0 Å². The van der Waals surface area contributed by atoms with Gasteiger partial charge in [-0.1, -0.05) is 60.7 Å². The maximum absolute atomic E-state index is 14.7. The van der Waals surface area contributed by atoms with Gasteiger partial charge in [0.05, 0.1) is 5.69 Å². The summed E-state index contributed by atoms with van der Waals surface area (Å²) in [5.74, 6) is -0.332. The molecule has 138 valence electrons. The number of rotatable bonds is 5. The Labute approximate surface area is 152 Å². The van der Waals surface area contributed by atoms with Crippen molar-refractivity contribution in [1.29, 1.82) is 0 Å². The van der Waals surface area contributed by atoms with Crippen molar-refractivity contribution >= 4 is 10.9 Å². The fourth-order valence-corrected chi connectivity index (χ4v) is 2.51. The lowest BCUT2D eigenvalue weighted by Crippen LogP contribution is -2.06. The molecule has 0 radical (unpaired) electrons. The quantitative estimate of drug-likeness (QED) is 0.589. The first-order valence-electron chi connectivity index (χ1n) is 7.83. The third-order valence-corrected chi connectivity index (χ3v) is 3.62. The summed E-state index contributed by atoms with van der Waals surface area (Å²) >= 11 is 0. The first-order chi connectivity index (χ1) is 12.5. The van der Waals surface area contributed by atoms with E-state index in [-0.39, 0.29) is 12.5 Å². The van der Waals surface area contributed by atoms with Gasteiger partial charge in [-0.05, 0) is 11.1 Å². The second-order valence-electron chi connectivity index (χ2n) is 5.46. The van der Waals surface area contributed by atoms with Gasteiger partial charge in [-0.3, -0.25) is 0 Å². The molecule has 0 aliphatic rings. The van der Waals surface area contributed by atoms with E-state index >= 15 is 0 Å². The molecule has 26 heavy (non-hydrogen) atoms. The average Bonchev–Trinajstić information content (AvgIpc) is 2.92. The van der Waals surface area contributed by atoms with Crippen molar-refractivity contribution in [2.45, 2.75) is 19.6 Å². The monoisotopic (exact) mass is 377 g/mol. The van der Waals surface area contributed by atoms with Gasteiger partial charge < -0.3 is 5.11 Å². The number of thiol groups is 1. The molecule has 0 spiro atoms. The maximum Gasteiger partial charge on any atom is 0.198 e. The Hall–Kier alpha value is -2.55. The first-order valence-corrected chi connectivity index (χ1v) is 9.07. The van der Waals surface area contributed by atoms with Gasteiger partial charge in [0.2, 0.25) is 0 Å². The highest BCUT2D eigenvalue weighted by Crippen LogP contribution is 2.19. The van der Waals surface area contributed by atoms with Crippen molar-refractivity contribution < 1.29 is 17.9 Å². The van der Waals surface area contributed by atoms with E-state index in [1.54, 1.807) is 0 Å². The SMILES string of the molecule is N[SH](=O)=O.OCn1nc(Cc2ccccc2)c(F)c1Cc1ccccc1. The summed E-state index contributed by atoms with van der Waals surface area (Å²) in [6.07, 6.45) is 0.830. The molecule has 3 aromatic rings. The van der Waals surface area contributed by atoms with Gasteiger partial charge in [-0.15, -0.1) is 0 Å². The smallest absolute Gasteiger partial charge is 0.198 e. The van der Waals surface area contributed by atoms with Crippen molar-refractivity contribution in [1.82, 2.24) is 9.78 Å². The number of aliphatic hydroxyl groups excluding tert-OH is 1. The van der Waals surface area contributed by atoms with Crippen LogP contribution in [0.4, 0.5) is 4.39 Å². The molecule has 8 heteroatoms. The van der Waals surface area contributed by atoms with Crippen molar-refractivity contribution in [3.05, 3.63) is 89.0 Å². The lowest BCUT2D eigenvalue weighted by atomic mass is 10.1. The van der Waals surface area contributed by atoms with Crippen LogP contribution in [0.2, 0.25) is 0 Å². The molecular formula is C18H20FN3O3S. The molecule has 0 aliphatic carbocycles. The van der Waals surface area contributed by atoms with Crippen LogP contribution in [0.5, 0.6) is 0 Å². The standard InChI is InChI=1S/C18H17FN2O.H3NO2S/c19-18-16(11-14-7-3-1-4-8-14)20-21(13-22)17(18)12-15-9-5-2-6-10-15;1-4(2)3/h1-10,22H,11-13H2;4H,(H2,1,2,3). The number of hydrogen-bond donors (Lipinski definition) is 3. The van der Waals surface area contributed by atoms with Crippen LogP contribution in [0.25, 0.3) is 0 Å². The van der Waals surface area contributed by atoms with Crippen LogP contribution in [0, 0.1) is 5.82 Å². The Bertz CT molecular complexity index is 889. The zero-order valence-electron chi connectivity index (χ0n) is 14.0. The van der Waals surface area contributed by atoms with E-state index in [0.29, 0.717) is 24.2 Å². The molecule has 3 N–H and O–H groups in total. The van der Waals surface area contributed by atoms with Gasteiger partial charge in [-0.25, -0.2) is 22.6 Å². The van der Waals surface area contributed by atoms with Crippen LogP contribution in [0.15, 0.2) is 60.7 Å². The average molecular weight is 377 g/mol.